The first-order valence-electron chi connectivity index (χ1n) is 6.93. The first-order chi connectivity index (χ1) is 9.69. The van der Waals surface area contributed by atoms with Crippen LogP contribution in [0.1, 0.15) is 20.8 Å². The van der Waals surface area contributed by atoms with Crippen molar-refractivity contribution in [1.82, 2.24) is 14.0 Å². The van der Waals surface area contributed by atoms with Gasteiger partial charge in [-0.25, -0.2) is 4.98 Å². The van der Waals surface area contributed by atoms with E-state index in [1.54, 1.807) is 18.3 Å². The molecule has 0 atom stereocenters. The molecule has 0 aliphatic carbocycles. The number of nitrogen functional groups attached to an aromatic ring is 1. The Morgan fingerprint density at radius 3 is 2.38 bits per heavy atom. The Morgan fingerprint density at radius 1 is 1.24 bits per heavy atom. The van der Waals surface area contributed by atoms with Gasteiger partial charge in [-0.2, -0.15) is 17.4 Å². The van der Waals surface area contributed by atoms with E-state index in [0.29, 0.717) is 31.9 Å². The smallest absolute Gasteiger partial charge is 0.280 e. The molecule has 0 bridgehead atoms. The SMILES string of the molecule is CC(C)(C)NS(=O)(=O)N1CCN(c2ncccc2N)CC1. The number of nitrogens with two attached hydrogens (primary N) is 1. The highest BCUT2D eigenvalue weighted by molar-refractivity contribution is 7.87. The first kappa shape index (κ1) is 16.0. The van der Waals surface area contributed by atoms with Crippen LogP contribution in [0.15, 0.2) is 18.3 Å². The number of rotatable bonds is 3. The summed E-state index contributed by atoms with van der Waals surface area (Å²) in [6.07, 6.45) is 1.69. The monoisotopic (exact) mass is 313 g/mol. The minimum absolute atomic E-state index is 0.418. The molecule has 1 aromatic rings. The zero-order valence-electron chi connectivity index (χ0n) is 12.7. The standard InChI is InChI=1S/C13H23N5O2S/c1-13(2,3)16-21(19,20)18-9-7-17(8-10-18)12-11(14)5-4-6-15-12/h4-6,16H,7-10,14H2,1-3H3. The van der Waals surface area contributed by atoms with Crippen LogP contribution in [-0.4, -0.2) is 49.4 Å². The molecule has 0 unspecified atom stereocenters. The van der Waals surface area contributed by atoms with Crippen molar-refractivity contribution >= 4 is 21.7 Å². The van der Waals surface area contributed by atoms with Gasteiger partial charge in [-0.3, -0.25) is 0 Å². The van der Waals surface area contributed by atoms with Crippen molar-refractivity contribution in [2.75, 3.05) is 36.8 Å². The van der Waals surface area contributed by atoms with E-state index in [9.17, 15) is 8.42 Å². The normalized spacial score (nSPS) is 18.0. The van der Waals surface area contributed by atoms with Gasteiger partial charge in [0, 0.05) is 37.9 Å². The number of hydrogen-bond donors (Lipinski definition) is 2. The van der Waals surface area contributed by atoms with Gasteiger partial charge in [0.1, 0.15) is 0 Å². The van der Waals surface area contributed by atoms with E-state index in [4.69, 9.17) is 5.73 Å². The number of anilines is 2. The van der Waals surface area contributed by atoms with Crippen molar-refractivity contribution in [3.8, 4) is 0 Å². The molecule has 1 aliphatic rings. The number of hydrogen-bond acceptors (Lipinski definition) is 5. The fraction of sp³-hybridized carbons (Fsp3) is 0.615. The van der Waals surface area contributed by atoms with Crippen LogP contribution in [-0.2, 0) is 10.2 Å². The molecule has 0 radical (unpaired) electrons. The van der Waals surface area contributed by atoms with Gasteiger partial charge in [0.15, 0.2) is 5.82 Å². The van der Waals surface area contributed by atoms with Gasteiger partial charge >= 0.3 is 0 Å². The zero-order valence-corrected chi connectivity index (χ0v) is 13.5. The number of nitrogens with zero attached hydrogens (tertiary/aromatic N) is 3. The van der Waals surface area contributed by atoms with Crippen LogP contribution in [0, 0.1) is 0 Å². The van der Waals surface area contributed by atoms with Crippen molar-refractivity contribution in [2.24, 2.45) is 0 Å². The topological polar surface area (TPSA) is 91.6 Å². The van der Waals surface area contributed by atoms with Crippen molar-refractivity contribution < 1.29 is 8.42 Å². The highest BCUT2D eigenvalue weighted by Crippen LogP contribution is 2.21. The summed E-state index contributed by atoms with van der Waals surface area (Å²) in [6, 6.07) is 3.58. The molecule has 0 saturated carbocycles. The van der Waals surface area contributed by atoms with Crippen LogP contribution in [0.4, 0.5) is 11.5 Å². The Bertz CT molecular complexity index is 589. The quantitative estimate of drug-likeness (QED) is 0.844. The predicted octanol–water partition coefficient (Wildman–Crippen LogP) is 0.419. The maximum Gasteiger partial charge on any atom is 0.280 e. The summed E-state index contributed by atoms with van der Waals surface area (Å²) in [4.78, 5) is 6.28. The van der Waals surface area contributed by atoms with Crippen molar-refractivity contribution in [3.05, 3.63) is 18.3 Å². The summed E-state index contributed by atoms with van der Waals surface area (Å²) in [5, 5.41) is 0. The molecule has 3 N–H and O–H groups in total. The van der Waals surface area contributed by atoms with Crippen LogP contribution in [0.3, 0.4) is 0 Å². The molecular weight excluding hydrogens is 290 g/mol. The van der Waals surface area contributed by atoms with Crippen LogP contribution in [0.25, 0.3) is 0 Å². The van der Waals surface area contributed by atoms with Crippen LogP contribution >= 0.6 is 0 Å². The van der Waals surface area contributed by atoms with Crippen LogP contribution in [0.5, 0.6) is 0 Å². The summed E-state index contributed by atoms with van der Waals surface area (Å²) in [5.41, 5.74) is 6.03. The van der Waals surface area contributed by atoms with E-state index in [1.807, 2.05) is 25.7 Å². The highest BCUT2D eigenvalue weighted by Gasteiger charge is 2.30. The minimum Gasteiger partial charge on any atom is -0.396 e. The molecule has 118 valence electrons. The predicted molar refractivity (Wildman–Crippen MR) is 84.2 cm³/mol. The lowest BCUT2D eigenvalue weighted by atomic mass is 10.1. The second-order valence-corrected chi connectivity index (χ2v) is 7.83. The van der Waals surface area contributed by atoms with Crippen molar-refractivity contribution in [2.45, 2.75) is 26.3 Å². The molecule has 0 amide bonds. The van der Waals surface area contributed by atoms with Gasteiger partial charge in [0.25, 0.3) is 10.2 Å². The lowest BCUT2D eigenvalue weighted by Gasteiger charge is -2.36. The summed E-state index contributed by atoms with van der Waals surface area (Å²) in [5.74, 6) is 0.721. The lowest BCUT2D eigenvalue weighted by molar-refractivity contribution is 0.364. The van der Waals surface area contributed by atoms with Crippen LogP contribution in [0.2, 0.25) is 0 Å². The fourth-order valence-electron chi connectivity index (χ4n) is 2.27. The van der Waals surface area contributed by atoms with E-state index < -0.39 is 15.7 Å². The molecule has 1 saturated heterocycles. The van der Waals surface area contributed by atoms with E-state index in [2.05, 4.69) is 9.71 Å². The number of pyridine rings is 1. The largest absolute Gasteiger partial charge is 0.396 e. The third-order valence-corrected chi connectivity index (χ3v) is 5.05. The Hall–Kier alpha value is -1.38. The average molecular weight is 313 g/mol. The van der Waals surface area contributed by atoms with Gasteiger partial charge in [0.05, 0.1) is 5.69 Å². The Kier molecular flexibility index (Phi) is 4.40. The van der Waals surface area contributed by atoms with Gasteiger partial charge in [-0.15, -0.1) is 0 Å². The van der Waals surface area contributed by atoms with Crippen molar-refractivity contribution in [1.29, 1.82) is 0 Å². The number of aromatic nitrogens is 1. The fourth-order valence-corrected chi connectivity index (χ4v) is 3.81. The van der Waals surface area contributed by atoms with Gasteiger partial charge in [0.2, 0.25) is 0 Å². The zero-order chi connectivity index (χ0) is 15.7. The highest BCUT2D eigenvalue weighted by atomic mass is 32.2. The van der Waals surface area contributed by atoms with Crippen LogP contribution < -0.4 is 15.4 Å². The second-order valence-electron chi connectivity index (χ2n) is 6.16. The van der Waals surface area contributed by atoms with Crippen molar-refractivity contribution in [3.63, 3.8) is 0 Å². The summed E-state index contributed by atoms with van der Waals surface area (Å²) < 4.78 is 28.7. The van der Waals surface area contributed by atoms with E-state index in [1.165, 1.54) is 4.31 Å². The molecule has 8 heteroatoms. The molecule has 0 spiro atoms. The minimum atomic E-state index is -3.45. The molecular formula is C13H23N5O2S. The molecule has 7 nitrogen and oxygen atoms in total. The maximum atomic E-state index is 12.3. The Morgan fingerprint density at radius 2 is 1.86 bits per heavy atom. The molecule has 1 aromatic heterocycles. The van der Waals surface area contributed by atoms with Gasteiger partial charge in [-0.05, 0) is 32.9 Å². The van der Waals surface area contributed by atoms with E-state index in [0.717, 1.165) is 5.82 Å². The lowest BCUT2D eigenvalue weighted by Crippen LogP contribution is -2.55. The molecule has 0 aromatic carbocycles. The van der Waals surface area contributed by atoms with Gasteiger partial charge in [-0.1, -0.05) is 0 Å². The number of nitrogens with one attached hydrogen (secondary N) is 1. The molecule has 21 heavy (non-hydrogen) atoms. The molecule has 2 heterocycles. The molecule has 1 aliphatic heterocycles. The Balaban J connectivity index is 2.02. The maximum absolute atomic E-state index is 12.3. The third-order valence-electron chi connectivity index (χ3n) is 3.13. The van der Waals surface area contributed by atoms with E-state index >= 15 is 0 Å². The summed E-state index contributed by atoms with van der Waals surface area (Å²) in [6.45, 7) is 7.47. The average Bonchev–Trinajstić information content (AvgIpc) is 2.37. The third kappa shape index (κ3) is 4.05. The van der Waals surface area contributed by atoms with Gasteiger partial charge < -0.3 is 10.6 Å². The number of piperazine rings is 1. The van der Waals surface area contributed by atoms with E-state index in [-0.39, 0.29) is 0 Å². The summed E-state index contributed by atoms with van der Waals surface area (Å²) in [7, 11) is -3.45. The summed E-state index contributed by atoms with van der Waals surface area (Å²) >= 11 is 0. The molecule has 1 fully saturated rings. The second kappa shape index (κ2) is 5.78. The first-order valence-corrected chi connectivity index (χ1v) is 8.37. The Labute approximate surface area is 126 Å². The molecule has 2 rings (SSSR count).